The van der Waals surface area contributed by atoms with Crippen molar-refractivity contribution < 1.29 is 13.2 Å². The number of benzene rings is 3. The fourth-order valence-electron chi connectivity index (χ4n) is 3.73. The van der Waals surface area contributed by atoms with Crippen molar-refractivity contribution in [2.75, 3.05) is 0 Å². The maximum Gasteiger partial charge on any atom is 0.417 e. The van der Waals surface area contributed by atoms with Gasteiger partial charge < -0.3 is 4.57 Å². The molecule has 0 atom stereocenters. The summed E-state index contributed by atoms with van der Waals surface area (Å²) in [5.41, 5.74) is 4.71. The quantitative estimate of drug-likeness (QED) is 0.323. The fourth-order valence-corrected chi connectivity index (χ4v) is 3.73. The molecule has 0 aliphatic carbocycles. The lowest BCUT2D eigenvalue weighted by molar-refractivity contribution is -0.137. The summed E-state index contributed by atoms with van der Waals surface area (Å²) in [5.74, 6) is 0. The van der Waals surface area contributed by atoms with E-state index < -0.39 is 11.7 Å². The Bertz CT molecular complexity index is 1270. The number of nitrogens with zero attached hydrogens (tertiary/aromatic N) is 3. The van der Waals surface area contributed by atoms with Crippen molar-refractivity contribution in [3.05, 3.63) is 113 Å². The fraction of sp³-hybridized carbons (Fsp3) is 0.154. The largest absolute Gasteiger partial charge is 0.417 e. The lowest BCUT2D eigenvalue weighted by Gasteiger charge is -2.14. The van der Waals surface area contributed by atoms with Crippen molar-refractivity contribution in [2.45, 2.75) is 26.1 Å². The minimum absolute atomic E-state index is 0. The number of nitriles is 1. The van der Waals surface area contributed by atoms with E-state index in [4.69, 9.17) is 5.26 Å². The molecule has 168 valence electrons. The van der Waals surface area contributed by atoms with Crippen molar-refractivity contribution in [1.82, 2.24) is 9.55 Å². The van der Waals surface area contributed by atoms with Crippen LogP contribution in [0.15, 0.2) is 79.1 Å². The van der Waals surface area contributed by atoms with Gasteiger partial charge in [0.2, 0.25) is 0 Å². The molecule has 3 nitrogen and oxygen atoms in total. The monoisotopic (exact) mass is 467 g/mol. The zero-order chi connectivity index (χ0) is 22.7. The second-order valence-electron chi connectivity index (χ2n) is 7.63. The Hall–Kier alpha value is -3.56. The molecule has 0 spiro atoms. The van der Waals surface area contributed by atoms with Crippen LogP contribution in [0.5, 0.6) is 0 Å². The highest BCUT2D eigenvalue weighted by Crippen LogP contribution is 2.36. The van der Waals surface area contributed by atoms with E-state index in [1.807, 2.05) is 35.8 Å². The number of hydrogen-bond donors (Lipinski definition) is 0. The number of aryl methyl sites for hydroxylation is 1. The van der Waals surface area contributed by atoms with Crippen LogP contribution < -0.4 is 0 Å². The van der Waals surface area contributed by atoms with Crippen molar-refractivity contribution in [2.24, 2.45) is 0 Å². The smallest absolute Gasteiger partial charge is 0.330 e. The van der Waals surface area contributed by atoms with Gasteiger partial charge >= 0.3 is 6.18 Å². The second-order valence-corrected chi connectivity index (χ2v) is 7.63. The van der Waals surface area contributed by atoms with E-state index in [-0.39, 0.29) is 18.0 Å². The summed E-state index contributed by atoms with van der Waals surface area (Å²) in [7, 11) is 0. The molecule has 0 aliphatic heterocycles. The van der Waals surface area contributed by atoms with Crippen LogP contribution in [0.1, 0.15) is 33.6 Å². The Balaban J connectivity index is 0.00000306. The highest BCUT2D eigenvalue weighted by molar-refractivity contribution is 5.85. The van der Waals surface area contributed by atoms with Crippen molar-refractivity contribution in [1.29, 1.82) is 5.26 Å². The van der Waals surface area contributed by atoms with Gasteiger partial charge in [-0.3, -0.25) is 0 Å². The van der Waals surface area contributed by atoms with E-state index >= 15 is 0 Å². The molecular weight excluding hydrogens is 447 g/mol. The number of rotatable bonds is 5. The molecule has 33 heavy (non-hydrogen) atoms. The molecule has 1 heterocycles. The van der Waals surface area contributed by atoms with Crippen LogP contribution in [0, 0.1) is 18.3 Å². The Kier molecular flexibility index (Phi) is 7.25. The van der Waals surface area contributed by atoms with Gasteiger partial charge in [0.15, 0.2) is 0 Å². The molecule has 0 radical (unpaired) electrons. The van der Waals surface area contributed by atoms with E-state index in [0.717, 1.165) is 28.6 Å². The third-order valence-corrected chi connectivity index (χ3v) is 5.46. The molecule has 0 unspecified atom stereocenters. The van der Waals surface area contributed by atoms with Gasteiger partial charge in [-0.1, -0.05) is 54.6 Å². The number of hydrogen-bond acceptors (Lipinski definition) is 2. The summed E-state index contributed by atoms with van der Waals surface area (Å²) in [6.07, 6.45) is -1.94. The topological polar surface area (TPSA) is 41.6 Å². The molecule has 0 N–H and O–H groups in total. The average molecular weight is 468 g/mol. The van der Waals surface area contributed by atoms with Crippen molar-refractivity contribution >= 4 is 12.4 Å². The van der Waals surface area contributed by atoms with E-state index in [1.54, 1.807) is 36.7 Å². The maximum atomic E-state index is 13.3. The minimum Gasteiger partial charge on any atom is -0.330 e. The number of aromatic nitrogens is 2. The first-order chi connectivity index (χ1) is 15.3. The van der Waals surface area contributed by atoms with Crippen LogP contribution in [0.2, 0.25) is 0 Å². The van der Waals surface area contributed by atoms with E-state index in [2.05, 4.69) is 11.1 Å². The SMILES string of the molecule is Cc1ncn(Cc2ccc(-c3ccccc3C(F)(F)F)cc2)c1Cc1ccc(C#N)cc1.Cl. The third kappa shape index (κ3) is 5.44. The highest BCUT2D eigenvalue weighted by Gasteiger charge is 2.33. The van der Waals surface area contributed by atoms with Gasteiger partial charge in [0.05, 0.1) is 29.2 Å². The maximum absolute atomic E-state index is 13.3. The summed E-state index contributed by atoms with van der Waals surface area (Å²) in [6.45, 7) is 2.51. The van der Waals surface area contributed by atoms with Crippen LogP contribution in [-0.4, -0.2) is 9.55 Å². The van der Waals surface area contributed by atoms with Gasteiger partial charge in [-0.05, 0) is 47.4 Å². The minimum atomic E-state index is -4.40. The Morgan fingerprint density at radius 1 is 0.909 bits per heavy atom. The summed E-state index contributed by atoms with van der Waals surface area (Å²) in [4.78, 5) is 4.43. The summed E-state index contributed by atoms with van der Waals surface area (Å²) in [5, 5.41) is 8.96. The number of alkyl halides is 3. The third-order valence-electron chi connectivity index (χ3n) is 5.46. The molecule has 0 amide bonds. The highest BCUT2D eigenvalue weighted by atomic mass is 35.5. The normalized spacial score (nSPS) is 11.0. The molecule has 0 aliphatic rings. The van der Waals surface area contributed by atoms with E-state index in [9.17, 15) is 13.2 Å². The Morgan fingerprint density at radius 2 is 1.55 bits per heavy atom. The molecule has 0 bridgehead atoms. The molecule has 0 saturated heterocycles. The van der Waals surface area contributed by atoms with Crippen molar-refractivity contribution in [3.8, 4) is 17.2 Å². The number of imidazole rings is 1. The molecule has 4 aromatic rings. The summed E-state index contributed by atoms with van der Waals surface area (Å²) < 4.78 is 42.1. The predicted octanol–water partition coefficient (Wildman–Crippen LogP) is 6.81. The second kappa shape index (κ2) is 9.93. The molecule has 7 heteroatoms. The molecule has 0 fully saturated rings. The number of halogens is 4. The summed E-state index contributed by atoms with van der Waals surface area (Å²) in [6, 6.07) is 22.3. The molecule has 1 aromatic heterocycles. The van der Waals surface area contributed by atoms with Gasteiger partial charge in [0, 0.05) is 18.7 Å². The first-order valence-corrected chi connectivity index (χ1v) is 10.1. The zero-order valence-corrected chi connectivity index (χ0v) is 18.6. The van der Waals surface area contributed by atoms with Crippen LogP contribution in [0.3, 0.4) is 0 Å². The van der Waals surface area contributed by atoms with Gasteiger partial charge in [0.1, 0.15) is 0 Å². The molecule has 0 saturated carbocycles. The van der Waals surface area contributed by atoms with Crippen LogP contribution in [0.4, 0.5) is 13.2 Å². The lowest BCUT2D eigenvalue weighted by atomic mass is 9.98. The predicted molar refractivity (Wildman–Crippen MR) is 124 cm³/mol. The van der Waals surface area contributed by atoms with Crippen LogP contribution >= 0.6 is 12.4 Å². The van der Waals surface area contributed by atoms with Gasteiger partial charge in [0.25, 0.3) is 0 Å². The first-order valence-electron chi connectivity index (χ1n) is 10.1. The first kappa shape index (κ1) is 24.1. The van der Waals surface area contributed by atoms with Crippen LogP contribution in [-0.2, 0) is 19.1 Å². The standard InChI is InChI=1S/C26H20F3N3.ClH/c1-18-25(14-19-6-8-20(15-30)9-7-19)32(17-31-18)16-21-10-12-22(13-11-21)23-4-2-3-5-24(23)26(27,28)29;/h2-13,17H,14,16H2,1H3;1H. The van der Waals surface area contributed by atoms with E-state index in [1.165, 1.54) is 12.1 Å². The Labute approximate surface area is 196 Å². The zero-order valence-electron chi connectivity index (χ0n) is 17.8. The lowest BCUT2D eigenvalue weighted by Crippen LogP contribution is -2.07. The van der Waals surface area contributed by atoms with Crippen LogP contribution in [0.25, 0.3) is 11.1 Å². The van der Waals surface area contributed by atoms with Crippen molar-refractivity contribution in [3.63, 3.8) is 0 Å². The van der Waals surface area contributed by atoms with E-state index in [0.29, 0.717) is 24.1 Å². The summed E-state index contributed by atoms with van der Waals surface area (Å²) >= 11 is 0. The average Bonchev–Trinajstić information content (AvgIpc) is 3.13. The molecular formula is C26H21ClF3N3. The van der Waals surface area contributed by atoms with Gasteiger partial charge in [-0.25, -0.2) is 4.98 Å². The van der Waals surface area contributed by atoms with Gasteiger partial charge in [-0.2, -0.15) is 18.4 Å². The molecule has 4 rings (SSSR count). The Morgan fingerprint density at radius 3 is 2.18 bits per heavy atom. The molecule has 3 aromatic carbocycles. The van der Waals surface area contributed by atoms with Gasteiger partial charge in [-0.15, -0.1) is 12.4 Å².